The van der Waals surface area contributed by atoms with Crippen LogP contribution in [0.15, 0.2) is 23.1 Å². The molecular weight excluding hydrogens is 276 g/mol. The molecule has 0 saturated carbocycles. The molecule has 0 bridgehead atoms. The number of hydrogen-bond donors (Lipinski definition) is 2. The lowest BCUT2D eigenvalue weighted by Crippen LogP contribution is -2.25. The molecule has 1 aromatic carbocycles. The average Bonchev–Trinajstić information content (AvgIpc) is 2.38. The zero-order valence-electron chi connectivity index (χ0n) is 10.2. The zero-order valence-corrected chi connectivity index (χ0v) is 11.0. The minimum atomic E-state index is -3.83. The van der Waals surface area contributed by atoms with E-state index in [1.807, 2.05) is 0 Å². The molecule has 0 atom stereocenters. The van der Waals surface area contributed by atoms with E-state index in [-0.39, 0.29) is 35.9 Å². The second-order valence-electron chi connectivity index (χ2n) is 3.57. The molecule has 0 unspecified atom stereocenters. The highest BCUT2D eigenvalue weighted by Gasteiger charge is 2.21. The van der Waals surface area contributed by atoms with Gasteiger partial charge >= 0.3 is 0 Å². The Morgan fingerprint density at radius 2 is 2.16 bits per heavy atom. The van der Waals surface area contributed by atoms with Crippen molar-refractivity contribution in [2.45, 2.75) is 11.3 Å². The summed E-state index contributed by atoms with van der Waals surface area (Å²) in [6, 6.07) is 3.24. The lowest BCUT2D eigenvalue weighted by atomic mass is 10.3. The lowest BCUT2D eigenvalue weighted by Gasteiger charge is -2.10. The molecule has 0 aliphatic carbocycles. The quantitative estimate of drug-likeness (QED) is 0.422. The molecule has 0 aliphatic rings. The number of nitrogens with zero attached hydrogens (tertiary/aromatic N) is 1. The van der Waals surface area contributed by atoms with Gasteiger partial charge in [-0.1, -0.05) is 0 Å². The number of nitro benzene ring substituents is 1. The van der Waals surface area contributed by atoms with Gasteiger partial charge in [0.15, 0.2) is 0 Å². The van der Waals surface area contributed by atoms with E-state index in [9.17, 15) is 18.5 Å². The molecule has 0 aromatic heterocycles. The molecule has 0 amide bonds. The molecule has 0 spiro atoms. The van der Waals surface area contributed by atoms with Crippen molar-refractivity contribution in [3.05, 3.63) is 28.3 Å². The largest absolute Gasteiger partial charge is 0.495 e. The number of rotatable bonds is 7. The molecule has 9 heteroatoms. The summed E-state index contributed by atoms with van der Waals surface area (Å²) < 4.78 is 31.0. The van der Waals surface area contributed by atoms with Gasteiger partial charge in [-0.3, -0.25) is 10.1 Å². The van der Waals surface area contributed by atoms with Gasteiger partial charge in [-0.2, -0.15) is 0 Å². The minimum absolute atomic E-state index is 0.0684. The fraction of sp³-hybridized carbons (Fsp3) is 0.400. The summed E-state index contributed by atoms with van der Waals surface area (Å²) in [4.78, 5) is 9.78. The molecule has 19 heavy (non-hydrogen) atoms. The lowest BCUT2D eigenvalue weighted by molar-refractivity contribution is -0.385. The molecular formula is C10H14N2O6S. The molecule has 1 rings (SSSR count). The van der Waals surface area contributed by atoms with Gasteiger partial charge in [0, 0.05) is 19.2 Å². The van der Waals surface area contributed by atoms with Crippen molar-refractivity contribution in [3.8, 4) is 5.75 Å². The maximum Gasteiger partial charge on any atom is 0.273 e. The van der Waals surface area contributed by atoms with Crippen LogP contribution >= 0.6 is 0 Å². The van der Waals surface area contributed by atoms with E-state index in [1.165, 1.54) is 7.11 Å². The monoisotopic (exact) mass is 290 g/mol. The Hall–Kier alpha value is -1.71. The van der Waals surface area contributed by atoms with Crippen LogP contribution in [0.25, 0.3) is 0 Å². The molecule has 0 fully saturated rings. The summed E-state index contributed by atoms with van der Waals surface area (Å²) in [5.74, 6) is -0.106. The van der Waals surface area contributed by atoms with Gasteiger partial charge in [-0.15, -0.1) is 0 Å². The van der Waals surface area contributed by atoms with Crippen LogP contribution < -0.4 is 9.46 Å². The van der Waals surface area contributed by atoms with Crippen molar-refractivity contribution in [2.75, 3.05) is 20.3 Å². The van der Waals surface area contributed by atoms with Crippen LogP contribution in [0.4, 0.5) is 5.69 Å². The van der Waals surface area contributed by atoms with Crippen LogP contribution in [0.2, 0.25) is 0 Å². The predicted molar refractivity (Wildman–Crippen MR) is 66.5 cm³/mol. The molecule has 0 saturated heterocycles. The highest BCUT2D eigenvalue weighted by Crippen LogP contribution is 2.28. The van der Waals surface area contributed by atoms with Gasteiger partial charge in [-0.25, -0.2) is 13.1 Å². The van der Waals surface area contributed by atoms with Crippen LogP contribution in [-0.4, -0.2) is 38.7 Å². The summed E-state index contributed by atoms with van der Waals surface area (Å²) in [5, 5.41) is 19.2. The number of ether oxygens (including phenoxy) is 1. The van der Waals surface area contributed by atoms with Crippen LogP contribution in [0.3, 0.4) is 0 Å². The molecule has 0 aliphatic heterocycles. The minimum Gasteiger partial charge on any atom is -0.495 e. The van der Waals surface area contributed by atoms with E-state index < -0.39 is 14.9 Å². The Balaban J connectivity index is 3.09. The summed E-state index contributed by atoms with van der Waals surface area (Å²) in [5.41, 5.74) is -0.258. The summed E-state index contributed by atoms with van der Waals surface area (Å²) >= 11 is 0. The number of hydrogen-bond acceptors (Lipinski definition) is 6. The topological polar surface area (TPSA) is 119 Å². The van der Waals surface area contributed by atoms with Crippen LogP contribution in [0.5, 0.6) is 5.75 Å². The number of non-ortho nitro benzene ring substituents is 1. The van der Waals surface area contributed by atoms with E-state index >= 15 is 0 Å². The Bertz CT molecular complexity index is 557. The second-order valence-corrected chi connectivity index (χ2v) is 5.30. The Kier molecular flexibility index (Phi) is 5.21. The number of nitro groups is 1. The van der Waals surface area contributed by atoms with E-state index in [0.717, 1.165) is 18.2 Å². The van der Waals surface area contributed by atoms with Gasteiger partial charge < -0.3 is 9.84 Å². The Morgan fingerprint density at radius 3 is 2.68 bits per heavy atom. The zero-order chi connectivity index (χ0) is 14.5. The van der Waals surface area contributed by atoms with E-state index in [0.29, 0.717) is 0 Å². The maximum absolute atomic E-state index is 11.9. The van der Waals surface area contributed by atoms with Gasteiger partial charge in [0.2, 0.25) is 10.0 Å². The fourth-order valence-electron chi connectivity index (χ4n) is 1.36. The van der Waals surface area contributed by atoms with Crippen LogP contribution in [0.1, 0.15) is 6.42 Å². The third-order valence-electron chi connectivity index (χ3n) is 2.27. The van der Waals surface area contributed by atoms with Crippen LogP contribution in [0, 0.1) is 10.1 Å². The number of methoxy groups -OCH3 is 1. The average molecular weight is 290 g/mol. The predicted octanol–water partition coefficient (Wildman–Crippen LogP) is 0.264. The maximum atomic E-state index is 11.9. The van der Waals surface area contributed by atoms with E-state index in [1.54, 1.807) is 0 Å². The summed E-state index contributed by atoms with van der Waals surface area (Å²) in [7, 11) is -2.60. The van der Waals surface area contributed by atoms with Gasteiger partial charge in [0.05, 0.1) is 18.1 Å². The van der Waals surface area contributed by atoms with Gasteiger partial charge in [-0.05, 0) is 12.5 Å². The highest BCUT2D eigenvalue weighted by molar-refractivity contribution is 7.89. The normalized spacial score (nSPS) is 11.3. The number of sulfonamides is 1. The number of benzene rings is 1. The van der Waals surface area contributed by atoms with Crippen molar-refractivity contribution in [1.29, 1.82) is 0 Å². The van der Waals surface area contributed by atoms with E-state index in [4.69, 9.17) is 9.84 Å². The van der Waals surface area contributed by atoms with Gasteiger partial charge in [0.25, 0.3) is 5.69 Å². The van der Waals surface area contributed by atoms with Gasteiger partial charge in [0.1, 0.15) is 10.6 Å². The fourth-order valence-corrected chi connectivity index (χ4v) is 2.58. The molecule has 0 radical (unpaired) electrons. The van der Waals surface area contributed by atoms with Crippen molar-refractivity contribution < 1.29 is 23.2 Å². The van der Waals surface area contributed by atoms with Crippen molar-refractivity contribution in [1.82, 2.24) is 4.72 Å². The van der Waals surface area contributed by atoms with Crippen molar-refractivity contribution in [2.24, 2.45) is 0 Å². The summed E-state index contributed by atoms with van der Waals surface area (Å²) in [6.07, 6.45) is 0.272. The smallest absolute Gasteiger partial charge is 0.273 e. The highest BCUT2D eigenvalue weighted by atomic mass is 32.2. The van der Waals surface area contributed by atoms with Crippen molar-refractivity contribution in [3.63, 3.8) is 0 Å². The number of nitrogens with one attached hydrogen (secondary N) is 1. The third kappa shape index (κ3) is 3.88. The molecule has 8 nitrogen and oxygen atoms in total. The van der Waals surface area contributed by atoms with Crippen molar-refractivity contribution >= 4 is 15.7 Å². The number of aliphatic hydroxyl groups excluding tert-OH is 1. The Morgan fingerprint density at radius 1 is 1.47 bits per heavy atom. The molecule has 1 aromatic rings. The van der Waals surface area contributed by atoms with Crippen LogP contribution in [-0.2, 0) is 10.0 Å². The molecule has 0 heterocycles. The SMILES string of the molecule is COc1cc([N+](=O)[O-])ccc1S(=O)(=O)NCCCO. The summed E-state index contributed by atoms with van der Waals surface area (Å²) in [6.45, 7) is -0.0705. The van der Waals surface area contributed by atoms with E-state index in [2.05, 4.69) is 4.72 Å². The first-order chi connectivity index (χ1) is 8.92. The first kappa shape index (κ1) is 15.3. The Labute approximate surface area is 110 Å². The first-order valence-corrected chi connectivity index (χ1v) is 6.83. The first-order valence-electron chi connectivity index (χ1n) is 5.35. The molecule has 2 N–H and O–H groups in total. The standard InChI is InChI=1S/C10H14N2O6S/c1-18-9-7-8(12(14)15)3-4-10(9)19(16,17)11-5-2-6-13/h3-4,7,11,13H,2,5-6H2,1H3. The third-order valence-corrected chi connectivity index (χ3v) is 3.77. The number of aliphatic hydroxyl groups is 1. The second kappa shape index (κ2) is 6.45. The molecule has 106 valence electrons.